The van der Waals surface area contributed by atoms with E-state index >= 15 is 0 Å². The highest BCUT2D eigenvalue weighted by molar-refractivity contribution is 5.67. The van der Waals surface area contributed by atoms with Crippen LogP contribution in [0.15, 0.2) is 18.3 Å². The Balaban J connectivity index is 1.71. The number of anilines is 1. The van der Waals surface area contributed by atoms with Gasteiger partial charge < -0.3 is 15.3 Å². The van der Waals surface area contributed by atoms with Crippen LogP contribution in [0, 0.1) is 11.3 Å². The fraction of sp³-hybridized carbons (Fsp3) is 0.462. The Bertz CT molecular complexity index is 537. The van der Waals surface area contributed by atoms with Gasteiger partial charge in [-0.2, -0.15) is 5.26 Å². The third-order valence-electron chi connectivity index (χ3n) is 3.98. The SMILES string of the molecule is N#Cc1ccc(NC2CC3CCC2N3C(=O)O)nc1. The number of hydrogen-bond acceptors (Lipinski definition) is 4. The topological polar surface area (TPSA) is 89.2 Å². The summed E-state index contributed by atoms with van der Waals surface area (Å²) >= 11 is 0. The molecule has 2 bridgehead atoms. The Morgan fingerprint density at radius 3 is 2.95 bits per heavy atom. The van der Waals surface area contributed by atoms with Crippen LogP contribution in [-0.2, 0) is 0 Å². The molecule has 1 aromatic rings. The molecule has 6 nitrogen and oxygen atoms in total. The molecule has 0 saturated carbocycles. The van der Waals surface area contributed by atoms with Crippen LogP contribution in [0.4, 0.5) is 10.6 Å². The van der Waals surface area contributed by atoms with Crippen molar-refractivity contribution in [2.75, 3.05) is 5.32 Å². The molecule has 1 aromatic heterocycles. The lowest BCUT2D eigenvalue weighted by molar-refractivity contribution is 0.138. The summed E-state index contributed by atoms with van der Waals surface area (Å²) in [5.41, 5.74) is 0.519. The maximum absolute atomic E-state index is 11.2. The van der Waals surface area contributed by atoms with Gasteiger partial charge in [-0.3, -0.25) is 0 Å². The van der Waals surface area contributed by atoms with Crippen molar-refractivity contribution in [2.45, 2.75) is 37.4 Å². The van der Waals surface area contributed by atoms with E-state index in [0.29, 0.717) is 11.4 Å². The number of nitrogens with one attached hydrogen (secondary N) is 1. The smallest absolute Gasteiger partial charge is 0.407 e. The summed E-state index contributed by atoms with van der Waals surface area (Å²) in [5.74, 6) is 0.696. The molecule has 0 aliphatic carbocycles. The van der Waals surface area contributed by atoms with Gasteiger partial charge in [0.1, 0.15) is 11.9 Å². The second-order valence-corrected chi connectivity index (χ2v) is 5.02. The number of pyridine rings is 1. The van der Waals surface area contributed by atoms with E-state index in [4.69, 9.17) is 5.26 Å². The number of fused-ring (bicyclic) bond motifs is 2. The molecular weight excluding hydrogens is 244 g/mol. The second kappa shape index (κ2) is 4.43. The highest BCUT2D eigenvalue weighted by Gasteiger charge is 2.48. The van der Waals surface area contributed by atoms with Gasteiger partial charge in [0.2, 0.25) is 0 Å². The number of rotatable bonds is 2. The van der Waals surface area contributed by atoms with E-state index < -0.39 is 6.09 Å². The number of hydrogen-bond donors (Lipinski definition) is 2. The van der Waals surface area contributed by atoms with Crippen LogP contribution in [0.25, 0.3) is 0 Å². The van der Waals surface area contributed by atoms with Gasteiger partial charge in [-0.15, -0.1) is 0 Å². The lowest BCUT2D eigenvalue weighted by Gasteiger charge is -2.23. The third-order valence-corrected chi connectivity index (χ3v) is 3.98. The molecule has 2 N–H and O–H groups in total. The Morgan fingerprint density at radius 1 is 1.53 bits per heavy atom. The number of amides is 1. The highest BCUT2D eigenvalue weighted by atomic mass is 16.4. The maximum atomic E-state index is 11.2. The van der Waals surface area contributed by atoms with Crippen LogP contribution < -0.4 is 5.32 Å². The number of nitrogens with zero attached hydrogens (tertiary/aromatic N) is 3. The average molecular weight is 258 g/mol. The van der Waals surface area contributed by atoms with Crippen LogP contribution in [0.3, 0.4) is 0 Å². The van der Waals surface area contributed by atoms with E-state index in [2.05, 4.69) is 10.3 Å². The van der Waals surface area contributed by atoms with Crippen molar-refractivity contribution in [3.8, 4) is 6.07 Å². The first-order valence-corrected chi connectivity index (χ1v) is 6.33. The second-order valence-electron chi connectivity index (χ2n) is 5.02. The van der Waals surface area contributed by atoms with Crippen LogP contribution in [0.5, 0.6) is 0 Å². The summed E-state index contributed by atoms with van der Waals surface area (Å²) in [7, 11) is 0. The van der Waals surface area contributed by atoms with Crippen molar-refractivity contribution in [3.63, 3.8) is 0 Å². The molecule has 3 heterocycles. The van der Waals surface area contributed by atoms with Crippen molar-refractivity contribution in [1.82, 2.24) is 9.88 Å². The van der Waals surface area contributed by atoms with Gasteiger partial charge in [0.15, 0.2) is 0 Å². The third kappa shape index (κ3) is 1.97. The molecule has 2 aliphatic heterocycles. The zero-order valence-electron chi connectivity index (χ0n) is 10.3. The van der Waals surface area contributed by atoms with E-state index in [1.54, 1.807) is 17.0 Å². The van der Waals surface area contributed by atoms with Gasteiger partial charge in [0, 0.05) is 12.2 Å². The number of aromatic nitrogens is 1. The summed E-state index contributed by atoms with van der Waals surface area (Å²) in [6.07, 6.45) is 3.38. The molecule has 3 unspecified atom stereocenters. The van der Waals surface area contributed by atoms with Gasteiger partial charge in [-0.1, -0.05) is 0 Å². The zero-order valence-corrected chi connectivity index (χ0v) is 10.3. The molecule has 6 heteroatoms. The normalized spacial score (nSPS) is 28.2. The van der Waals surface area contributed by atoms with Crippen molar-refractivity contribution < 1.29 is 9.90 Å². The first-order valence-electron chi connectivity index (χ1n) is 6.33. The molecule has 0 radical (unpaired) electrons. The molecule has 2 aliphatic rings. The van der Waals surface area contributed by atoms with Crippen molar-refractivity contribution in [3.05, 3.63) is 23.9 Å². The largest absolute Gasteiger partial charge is 0.465 e. The summed E-state index contributed by atoms with van der Waals surface area (Å²) < 4.78 is 0. The summed E-state index contributed by atoms with van der Waals surface area (Å²) in [4.78, 5) is 16.9. The average Bonchev–Trinajstić information content (AvgIpc) is 2.97. The first kappa shape index (κ1) is 11.8. The minimum Gasteiger partial charge on any atom is -0.465 e. The van der Waals surface area contributed by atoms with Gasteiger partial charge in [-0.25, -0.2) is 9.78 Å². The maximum Gasteiger partial charge on any atom is 0.407 e. The molecule has 1 amide bonds. The lowest BCUT2D eigenvalue weighted by Crippen LogP contribution is -2.39. The molecule has 3 atom stereocenters. The zero-order chi connectivity index (χ0) is 13.4. The summed E-state index contributed by atoms with van der Waals surface area (Å²) in [6.45, 7) is 0. The predicted octanol–water partition coefficient (Wildman–Crippen LogP) is 1.65. The Morgan fingerprint density at radius 2 is 2.37 bits per heavy atom. The Hall–Kier alpha value is -2.29. The summed E-state index contributed by atoms with van der Waals surface area (Å²) in [5, 5.41) is 21.2. The first-order chi connectivity index (χ1) is 9.19. The van der Waals surface area contributed by atoms with E-state index in [-0.39, 0.29) is 18.1 Å². The molecule has 98 valence electrons. The predicted molar refractivity (Wildman–Crippen MR) is 67.7 cm³/mol. The van der Waals surface area contributed by atoms with Crippen molar-refractivity contribution in [2.24, 2.45) is 0 Å². The van der Waals surface area contributed by atoms with Gasteiger partial charge in [0.05, 0.1) is 17.6 Å². The van der Waals surface area contributed by atoms with E-state index in [1.807, 2.05) is 6.07 Å². The van der Waals surface area contributed by atoms with Gasteiger partial charge in [-0.05, 0) is 31.4 Å². The lowest BCUT2D eigenvalue weighted by atomic mass is 9.95. The van der Waals surface area contributed by atoms with Crippen LogP contribution in [0.1, 0.15) is 24.8 Å². The van der Waals surface area contributed by atoms with E-state index in [1.165, 1.54) is 6.20 Å². The molecule has 2 saturated heterocycles. The van der Waals surface area contributed by atoms with Gasteiger partial charge >= 0.3 is 6.09 Å². The number of carboxylic acid groups (broad SMARTS) is 1. The summed E-state index contributed by atoms with van der Waals surface area (Å²) in [6, 6.07) is 5.79. The molecule has 2 fully saturated rings. The quantitative estimate of drug-likeness (QED) is 0.841. The van der Waals surface area contributed by atoms with E-state index in [9.17, 15) is 9.90 Å². The fourth-order valence-electron chi connectivity index (χ4n) is 3.18. The monoisotopic (exact) mass is 258 g/mol. The molecule has 19 heavy (non-hydrogen) atoms. The van der Waals surface area contributed by atoms with Crippen molar-refractivity contribution in [1.29, 1.82) is 5.26 Å². The highest BCUT2D eigenvalue weighted by Crippen LogP contribution is 2.38. The molecule has 0 spiro atoms. The minimum atomic E-state index is -0.829. The molecular formula is C13H14N4O2. The van der Waals surface area contributed by atoms with Crippen LogP contribution >= 0.6 is 0 Å². The fourth-order valence-corrected chi connectivity index (χ4v) is 3.18. The van der Waals surface area contributed by atoms with E-state index in [0.717, 1.165) is 19.3 Å². The Labute approximate surface area is 110 Å². The number of carbonyl (C=O) groups is 1. The Kier molecular flexibility index (Phi) is 2.75. The molecule has 0 aromatic carbocycles. The number of nitriles is 1. The minimum absolute atomic E-state index is 0.0416. The van der Waals surface area contributed by atoms with Crippen LogP contribution in [-0.4, -0.2) is 39.2 Å². The van der Waals surface area contributed by atoms with Gasteiger partial charge in [0.25, 0.3) is 0 Å². The van der Waals surface area contributed by atoms with Crippen LogP contribution in [0.2, 0.25) is 0 Å². The molecule has 3 rings (SSSR count). The van der Waals surface area contributed by atoms with Crippen molar-refractivity contribution >= 4 is 11.9 Å². The standard InChI is InChI=1S/C13H14N4O2/c14-6-8-1-4-12(15-7-8)16-10-5-9-2-3-11(10)17(9)13(18)19/h1,4,7,9-11H,2-3,5H2,(H,15,16)(H,18,19).